The summed E-state index contributed by atoms with van der Waals surface area (Å²) >= 11 is 0. The van der Waals surface area contributed by atoms with E-state index in [1.807, 2.05) is 49.4 Å². The van der Waals surface area contributed by atoms with E-state index in [0.29, 0.717) is 13.2 Å². The van der Waals surface area contributed by atoms with Crippen molar-refractivity contribution in [3.8, 4) is 11.5 Å². The first kappa shape index (κ1) is 17.7. The minimum Gasteiger partial charge on any atom is -0.508 e. The summed E-state index contributed by atoms with van der Waals surface area (Å²) in [4.78, 5) is 4.54. The van der Waals surface area contributed by atoms with Crippen LogP contribution in [0.1, 0.15) is 18.9 Å². The third-order valence-electron chi connectivity index (χ3n) is 3.33. The third-order valence-corrected chi connectivity index (χ3v) is 3.33. The maximum absolute atomic E-state index is 9.29. The highest BCUT2D eigenvalue weighted by Crippen LogP contribution is 2.10. The molecule has 24 heavy (non-hydrogen) atoms. The predicted molar refractivity (Wildman–Crippen MR) is 97.5 cm³/mol. The lowest BCUT2D eigenvalue weighted by Gasteiger charge is -2.12. The molecular weight excluding hydrogens is 302 g/mol. The Kier molecular flexibility index (Phi) is 7.47. The zero-order valence-electron chi connectivity index (χ0n) is 14.0. The molecule has 3 N–H and O–H groups in total. The molecule has 0 saturated carbocycles. The van der Waals surface area contributed by atoms with Crippen molar-refractivity contribution >= 4 is 5.96 Å². The van der Waals surface area contributed by atoms with Gasteiger partial charge in [-0.25, -0.2) is 4.99 Å². The van der Waals surface area contributed by atoms with E-state index in [9.17, 15) is 5.11 Å². The van der Waals surface area contributed by atoms with E-state index in [1.165, 1.54) is 0 Å². The number of hydrogen-bond donors (Lipinski definition) is 3. The van der Waals surface area contributed by atoms with E-state index in [2.05, 4.69) is 15.6 Å². The average Bonchev–Trinajstić information content (AvgIpc) is 2.61. The Morgan fingerprint density at radius 2 is 1.79 bits per heavy atom. The molecule has 0 aliphatic rings. The van der Waals surface area contributed by atoms with Crippen LogP contribution in [0.25, 0.3) is 0 Å². The van der Waals surface area contributed by atoms with Gasteiger partial charge in [0, 0.05) is 13.1 Å². The summed E-state index contributed by atoms with van der Waals surface area (Å²) in [6.45, 7) is 4.86. The summed E-state index contributed by atoms with van der Waals surface area (Å²) in [5, 5.41) is 15.8. The molecule has 0 aliphatic carbocycles. The second kappa shape index (κ2) is 10.2. The summed E-state index contributed by atoms with van der Waals surface area (Å²) in [5.41, 5.74) is 1.05. The fraction of sp³-hybridized carbons (Fsp3) is 0.316. The molecule has 0 atom stereocenters. The van der Waals surface area contributed by atoms with Crippen molar-refractivity contribution in [2.45, 2.75) is 19.9 Å². The molecule has 5 nitrogen and oxygen atoms in total. The summed E-state index contributed by atoms with van der Waals surface area (Å²) < 4.78 is 5.66. The van der Waals surface area contributed by atoms with Gasteiger partial charge in [-0.1, -0.05) is 30.3 Å². The van der Waals surface area contributed by atoms with Crippen molar-refractivity contribution in [1.29, 1.82) is 0 Å². The molecule has 0 amide bonds. The quantitative estimate of drug-likeness (QED) is 0.396. The molecule has 0 saturated heterocycles. The van der Waals surface area contributed by atoms with Crippen molar-refractivity contribution in [3.63, 3.8) is 0 Å². The van der Waals surface area contributed by atoms with Crippen molar-refractivity contribution < 1.29 is 9.84 Å². The van der Waals surface area contributed by atoms with E-state index < -0.39 is 0 Å². The number of ether oxygens (including phenoxy) is 1. The number of phenolic OH excluding ortho intramolecular Hbond substituents is 1. The summed E-state index contributed by atoms with van der Waals surface area (Å²) in [6.07, 6.45) is 0.887. The number of benzene rings is 2. The van der Waals surface area contributed by atoms with Gasteiger partial charge >= 0.3 is 0 Å². The minimum absolute atomic E-state index is 0.270. The van der Waals surface area contributed by atoms with Gasteiger partial charge in [-0.3, -0.25) is 0 Å². The molecule has 0 bridgehead atoms. The number of rotatable bonds is 8. The first-order chi connectivity index (χ1) is 11.8. The van der Waals surface area contributed by atoms with Crippen LogP contribution in [0.5, 0.6) is 11.5 Å². The number of aliphatic imine (C=N–C) groups is 1. The molecular formula is C19H25N3O2. The molecule has 0 heterocycles. The Bertz CT molecular complexity index is 612. The highest BCUT2D eigenvalue weighted by Gasteiger charge is 1.98. The van der Waals surface area contributed by atoms with E-state index >= 15 is 0 Å². The van der Waals surface area contributed by atoms with Crippen LogP contribution < -0.4 is 15.4 Å². The van der Waals surface area contributed by atoms with Gasteiger partial charge in [0.2, 0.25) is 0 Å². The van der Waals surface area contributed by atoms with Crippen molar-refractivity contribution in [2.75, 3.05) is 19.7 Å². The molecule has 2 rings (SSSR count). The van der Waals surface area contributed by atoms with E-state index in [1.54, 1.807) is 12.1 Å². The first-order valence-corrected chi connectivity index (χ1v) is 8.26. The fourth-order valence-corrected chi connectivity index (χ4v) is 2.10. The van der Waals surface area contributed by atoms with E-state index in [-0.39, 0.29) is 5.75 Å². The SMILES string of the molecule is CCNC(=NCc1ccc(O)cc1)NCCCOc1ccccc1. The molecule has 0 fully saturated rings. The van der Waals surface area contributed by atoms with Gasteiger partial charge < -0.3 is 20.5 Å². The number of hydrogen-bond acceptors (Lipinski definition) is 3. The lowest BCUT2D eigenvalue weighted by molar-refractivity contribution is 0.311. The second-order valence-electron chi connectivity index (χ2n) is 5.30. The Morgan fingerprint density at radius 3 is 2.50 bits per heavy atom. The normalized spacial score (nSPS) is 11.1. The van der Waals surface area contributed by atoms with Gasteiger partial charge in [-0.2, -0.15) is 0 Å². The minimum atomic E-state index is 0.270. The van der Waals surface area contributed by atoms with Crippen LogP contribution in [0.4, 0.5) is 0 Å². The maximum Gasteiger partial charge on any atom is 0.191 e. The van der Waals surface area contributed by atoms with Crippen LogP contribution in [0.2, 0.25) is 0 Å². The predicted octanol–water partition coefficient (Wildman–Crippen LogP) is 2.92. The van der Waals surface area contributed by atoms with Crippen LogP contribution in [0, 0.1) is 0 Å². The Hall–Kier alpha value is -2.69. The van der Waals surface area contributed by atoms with E-state index in [0.717, 1.165) is 36.8 Å². The van der Waals surface area contributed by atoms with E-state index in [4.69, 9.17) is 4.74 Å². The van der Waals surface area contributed by atoms with Gasteiger partial charge in [0.15, 0.2) is 5.96 Å². The average molecular weight is 327 g/mol. The zero-order valence-corrected chi connectivity index (χ0v) is 14.0. The molecule has 0 aliphatic heterocycles. The van der Waals surface area contributed by atoms with Gasteiger partial charge in [0.05, 0.1) is 13.2 Å². The number of aromatic hydroxyl groups is 1. The number of phenols is 1. The molecule has 0 unspecified atom stereocenters. The fourth-order valence-electron chi connectivity index (χ4n) is 2.10. The third kappa shape index (κ3) is 6.60. The summed E-state index contributed by atoms with van der Waals surface area (Å²) in [6, 6.07) is 16.9. The van der Waals surface area contributed by atoms with Gasteiger partial charge in [0.25, 0.3) is 0 Å². The van der Waals surface area contributed by atoms with Crippen LogP contribution in [-0.4, -0.2) is 30.8 Å². The lowest BCUT2D eigenvalue weighted by atomic mass is 10.2. The molecule has 0 spiro atoms. The number of nitrogens with one attached hydrogen (secondary N) is 2. The topological polar surface area (TPSA) is 65.9 Å². The Labute approximate surface area is 143 Å². The molecule has 5 heteroatoms. The number of nitrogens with zero attached hydrogens (tertiary/aromatic N) is 1. The summed E-state index contributed by atoms with van der Waals surface area (Å²) in [5.74, 6) is 1.95. The van der Waals surface area contributed by atoms with Crippen molar-refractivity contribution in [2.24, 2.45) is 4.99 Å². The molecule has 0 aromatic heterocycles. The molecule has 0 radical (unpaired) electrons. The smallest absolute Gasteiger partial charge is 0.191 e. The van der Waals surface area contributed by atoms with Crippen LogP contribution in [0.15, 0.2) is 59.6 Å². The Morgan fingerprint density at radius 1 is 1.04 bits per heavy atom. The van der Waals surface area contributed by atoms with Gasteiger partial charge in [-0.15, -0.1) is 0 Å². The van der Waals surface area contributed by atoms with Crippen molar-refractivity contribution in [1.82, 2.24) is 10.6 Å². The summed E-state index contributed by atoms with van der Waals surface area (Å²) in [7, 11) is 0. The number of para-hydroxylation sites is 1. The standard InChI is InChI=1S/C19H25N3O2/c1-2-20-19(22-15-16-9-11-17(23)12-10-16)21-13-6-14-24-18-7-4-3-5-8-18/h3-5,7-12,23H,2,6,13-15H2,1H3,(H2,20,21,22). The molecule has 2 aromatic rings. The highest BCUT2D eigenvalue weighted by atomic mass is 16.5. The van der Waals surface area contributed by atoms with Gasteiger partial charge in [-0.05, 0) is 43.2 Å². The molecule has 2 aromatic carbocycles. The largest absolute Gasteiger partial charge is 0.508 e. The first-order valence-electron chi connectivity index (χ1n) is 8.26. The van der Waals surface area contributed by atoms with Crippen LogP contribution in [0.3, 0.4) is 0 Å². The maximum atomic E-state index is 9.29. The second-order valence-corrected chi connectivity index (χ2v) is 5.30. The van der Waals surface area contributed by atoms with Gasteiger partial charge in [0.1, 0.15) is 11.5 Å². The molecule has 128 valence electrons. The Balaban J connectivity index is 1.72. The monoisotopic (exact) mass is 327 g/mol. The highest BCUT2D eigenvalue weighted by molar-refractivity contribution is 5.79. The van der Waals surface area contributed by atoms with Crippen LogP contribution >= 0.6 is 0 Å². The number of guanidine groups is 1. The lowest BCUT2D eigenvalue weighted by Crippen LogP contribution is -2.38. The zero-order chi connectivity index (χ0) is 17.0. The van der Waals surface area contributed by atoms with Crippen molar-refractivity contribution in [3.05, 3.63) is 60.2 Å². The van der Waals surface area contributed by atoms with Crippen LogP contribution in [-0.2, 0) is 6.54 Å².